The van der Waals surface area contributed by atoms with Gasteiger partial charge in [-0.25, -0.2) is 0 Å². The van der Waals surface area contributed by atoms with Crippen molar-refractivity contribution in [2.24, 2.45) is 0 Å². The summed E-state index contributed by atoms with van der Waals surface area (Å²) in [6.45, 7) is 1.77. The number of hydrogen-bond donors (Lipinski definition) is 1. The molecule has 16 heavy (non-hydrogen) atoms. The molecule has 1 aliphatic heterocycles. The Hall–Kier alpha value is -1.52. The van der Waals surface area contributed by atoms with Crippen molar-refractivity contribution in [1.82, 2.24) is 0 Å². The monoisotopic (exact) mass is 229 g/mol. The van der Waals surface area contributed by atoms with Crippen LogP contribution in [0.1, 0.15) is 28.4 Å². The molecule has 0 atom stereocenters. The second-order valence-corrected chi connectivity index (χ2v) is 3.79. The van der Waals surface area contributed by atoms with E-state index in [0.717, 1.165) is 18.6 Å². The number of rotatable bonds is 1. The van der Waals surface area contributed by atoms with Crippen LogP contribution in [0.5, 0.6) is 0 Å². The first-order valence-corrected chi connectivity index (χ1v) is 4.88. The highest BCUT2D eigenvalue weighted by Crippen LogP contribution is 2.37. The van der Waals surface area contributed by atoms with Crippen LogP contribution in [0.3, 0.4) is 0 Å². The lowest BCUT2D eigenvalue weighted by Gasteiger charge is -2.13. The quantitative estimate of drug-likeness (QED) is 0.750. The van der Waals surface area contributed by atoms with Crippen LogP contribution >= 0.6 is 0 Å². The number of halogens is 3. The molecule has 0 amide bonds. The highest BCUT2D eigenvalue weighted by Gasteiger charge is 2.35. The SMILES string of the molecule is CC(=O)c1cc2c(cc1C(F)(F)F)NCC2. The van der Waals surface area contributed by atoms with Crippen LogP contribution < -0.4 is 5.32 Å². The van der Waals surface area contributed by atoms with Gasteiger partial charge >= 0.3 is 6.18 Å². The van der Waals surface area contributed by atoms with Crippen LogP contribution in [-0.2, 0) is 12.6 Å². The minimum absolute atomic E-state index is 0.241. The summed E-state index contributed by atoms with van der Waals surface area (Å²) in [6, 6.07) is 2.37. The van der Waals surface area contributed by atoms with Crippen LogP contribution in [0.4, 0.5) is 18.9 Å². The third-order valence-corrected chi connectivity index (χ3v) is 2.64. The number of benzene rings is 1. The second kappa shape index (κ2) is 3.50. The van der Waals surface area contributed by atoms with E-state index in [9.17, 15) is 18.0 Å². The van der Waals surface area contributed by atoms with Gasteiger partial charge in [0.05, 0.1) is 5.56 Å². The molecular formula is C11H10F3NO. The van der Waals surface area contributed by atoms with Crippen molar-refractivity contribution in [3.8, 4) is 0 Å². The van der Waals surface area contributed by atoms with E-state index in [1.165, 1.54) is 6.07 Å². The van der Waals surface area contributed by atoms with Gasteiger partial charge in [0.15, 0.2) is 5.78 Å². The zero-order valence-electron chi connectivity index (χ0n) is 8.61. The van der Waals surface area contributed by atoms with Crippen LogP contribution in [0.15, 0.2) is 12.1 Å². The number of ketones is 1. The zero-order chi connectivity index (χ0) is 11.9. The number of hydrogen-bond acceptors (Lipinski definition) is 2. The fourth-order valence-corrected chi connectivity index (χ4v) is 1.87. The maximum absolute atomic E-state index is 12.7. The molecule has 0 unspecified atom stereocenters. The summed E-state index contributed by atoms with van der Waals surface area (Å²) < 4.78 is 38.1. The van der Waals surface area contributed by atoms with Gasteiger partial charge in [0.2, 0.25) is 0 Å². The van der Waals surface area contributed by atoms with Gasteiger partial charge in [0.25, 0.3) is 0 Å². The Bertz CT molecular complexity index is 451. The second-order valence-electron chi connectivity index (χ2n) is 3.79. The summed E-state index contributed by atoms with van der Waals surface area (Å²) in [6.07, 6.45) is -3.83. The number of anilines is 1. The summed E-state index contributed by atoms with van der Waals surface area (Å²) in [5.74, 6) is -0.554. The standard InChI is InChI=1S/C11H10F3NO/c1-6(16)8-4-7-2-3-15-10(7)5-9(8)11(12,13)14/h4-5,15H,2-3H2,1H3. The normalized spacial score (nSPS) is 14.5. The molecule has 0 radical (unpaired) electrons. The lowest BCUT2D eigenvalue weighted by Crippen LogP contribution is -2.12. The van der Waals surface area contributed by atoms with E-state index in [1.54, 1.807) is 0 Å². The van der Waals surface area contributed by atoms with E-state index in [0.29, 0.717) is 18.7 Å². The smallest absolute Gasteiger partial charge is 0.384 e. The van der Waals surface area contributed by atoms with E-state index in [4.69, 9.17) is 0 Å². The third kappa shape index (κ3) is 1.77. The van der Waals surface area contributed by atoms with E-state index >= 15 is 0 Å². The Balaban J connectivity index is 2.62. The predicted octanol–water partition coefficient (Wildman–Crippen LogP) is 2.88. The summed E-state index contributed by atoms with van der Waals surface area (Å²) >= 11 is 0. The van der Waals surface area contributed by atoms with Crippen molar-refractivity contribution in [2.45, 2.75) is 19.5 Å². The molecule has 1 aromatic carbocycles. The van der Waals surface area contributed by atoms with Crippen molar-refractivity contribution in [1.29, 1.82) is 0 Å². The van der Waals surface area contributed by atoms with Gasteiger partial charge in [-0.1, -0.05) is 0 Å². The molecule has 0 spiro atoms. The topological polar surface area (TPSA) is 29.1 Å². The number of nitrogens with one attached hydrogen (secondary N) is 1. The molecule has 5 heteroatoms. The van der Waals surface area contributed by atoms with E-state index < -0.39 is 17.5 Å². The molecule has 0 bridgehead atoms. The lowest BCUT2D eigenvalue weighted by molar-refractivity contribution is -0.137. The van der Waals surface area contributed by atoms with Gasteiger partial charge in [-0.05, 0) is 31.0 Å². The molecule has 86 valence electrons. The minimum atomic E-state index is -4.49. The van der Waals surface area contributed by atoms with Gasteiger partial charge in [-0.15, -0.1) is 0 Å². The molecule has 0 aliphatic carbocycles. The maximum atomic E-state index is 12.7. The van der Waals surface area contributed by atoms with E-state index in [1.807, 2.05) is 0 Å². The van der Waals surface area contributed by atoms with Gasteiger partial charge in [-0.2, -0.15) is 13.2 Å². The number of carbonyl (C=O) groups is 1. The van der Waals surface area contributed by atoms with Crippen molar-refractivity contribution in [2.75, 3.05) is 11.9 Å². The van der Waals surface area contributed by atoms with Crippen LogP contribution in [-0.4, -0.2) is 12.3 Å². The zero-order valence-corrected chi connectivity index (χ0v) is 8.61. The first kappa shape index (κ1) is 11.0. The third-order valence-electron chi connectivity index (χ3n) is 2.64. The van der Waals surface area contributed by atoms with Crippen LogP contribution in [0.25, 0.3) is 0 Å². The molecular weight excluding hydrogens is 219 g/mol. The van der Waals surface area contributed by atoms with E-state index in [-0.39, 0.29) is 5.56 Å². The summed E-state index contributed by atoms with van der Waals surface area (Å²) in [5, 5.41) is 2.87. The number of Topliss-reactive ketones (excluding diaryl/α,β-unsaturated/α-hetero) is 1. The predicted molar refractivity (Wildman–Crippen MR) is 53.6 cm³/mol. The molecule has 0 fully saturated rings. The highest BCUT2D eigenvalue weighted by molar-refractivity contribution is 5.96. The summed E-state index contributed by atoms with van der Waals surface area (Å²) in [5.41, 5.74) is 0.165. The Labute approximate surface area is 90.5 Å². The lowest BCUT2D eigenvalue weighted by atomic mass is 9.99. The molecule has 2 nitrogen and oxygen atoms in total. The molecule has 1 aliphatic rings. The molecule has 0 saturated carbocycles. The maximum Gasteiger partial charge on any atom is 0.417 e. The fraction of sp³-hybridized carbons (Fsp3) is 0.364. The van der Waals surface area contributed by atoms with E-state index in [2.05, 4.69) is 5.32 Å². The average Bonchev–Trinajstić information content (AvgIpc) is 2.60. The fourth-order valence-electron chi connectivity index (χ4n) is 1.87. The van der Waals surface area contributed by atoms with Gasteiger partial charge in [0.1, 0.15) is 0 Å². The number of alkyl halides is 3. The largest absolute Gasteiger partial charge is 0.417 e. The van der Waals surface area contributed by atoms with Gasteiger partial charge in [0, 0.05) is 17.8 Å². The Kier molecular flexibility index (Phi) is 2.40. The molecule has 1 N–H and O–H groups in total. The van der Waals surface area contributed by atoms with Crippen molar-refractivity contribution in [3.63, 3.8) is 0 Å². The highest BCUT2D eigenvalue weighted by atomic mass is 19.4. The van der Waals surface area contributed by atoms with Crippen molar-refractivity contribution >= 4 is 11.5 Å². The van der Waals surface area contributed by atoms with Crippen LogP contribution in [0, 0.1) is 0 Å². The Morgan fingerprint density at radius 1 is 1.38 bits per heavy atom. The van der Waals surface area contributed by atoms with Gasteiger partial charge < -0.3 is 5.32 Å². The summed E-state index contributed by atoms with van der Waals surface area (Å²) in [4.78, 5) is 11.2. The van der Waals surface area contributed by atoms with Crippen molar-refractivity contribution < 1.29 is 18.0 Å². The number of fused-ring (bicyclic) bond motifs is 1. The molecule has 0 aromatic heterocycles. The number of carbonyl (C=O) groups excluding carboxylic acids is 1. The van der Waals surface area contributed by atoms with Crippen molar-refractivity contribution in [3.05, 3.63) is 28.8 Å². The average molecular weight is 229 g/mol. The minimum Gasteiger partial charge on any atom is -0.384 e. The molecule has 1 heterocycles. The Morgan fingerprint density at radius 3 is 2.62 bits per heavy atom. The van der Waals surface area contributed by atoms with Gasteiger partial charge in [-0.3, -0.25) is 4.79 Å². The molecule has 0 saturated heterocycles. The summed E-state index contributed by atoms with van der Waals surface area (Å²) in [7, 11) is 0. The first-order chi connectivity index (χ1) is 7.39. The molecule has 1 aromatic rings. The molecule has 2 rings (SSSR count). The Morgan fingerprint density at radius 2 is 2.06 bits per heavy atom. The first-order valence-electron chi connectivity index (χ1n) is 4.88. The van der Waals surface area contributed by atoms with Crippen LogP contribution in [0.2, 0.25) is 0 Å².